The molecule has 0 aromatic heterocycles. The van der Waals surface area contributed by atoms with Gasteiger partial charge in [0.05, 0.1) is 7.11 Å². The van der Waals surface area contributed by atoms with Crippen molar-refractivity contribution in [3.8, 4) is 0 Å². The first kappa shape index (κ1) is 12.8. The van der Waals surface area contributed by atoms with Crippen molar-refractivity contribution in [2.75, 3.05) is 26.5 Å². The molecule has 0 unspecified atom stereocenters. The third-order valence-electron chi connectivity index (χ3n) is 1.92. The van der Waals surface area contributed by atoms with E-state index in [0.717, 1.165) is 18.7 Å². The molecule has 78 valence electrons. The second-order valence-corrected chi connectivity index (χ2v) is 4.26. The summed E-state index contributed by atoms with van der Waals surface area (Å²) in [5, 5.41) is -0.188. The monoisotopic (exact) mass is 205 g/mol. The van der Waals surface area contributed by atoms with Crippen LogP contribution in [0, 0.1) is 0 Å². The summed E-state index contributed by atoms with van der Waals surface area (Å²) in [5.74, 6) is 0.837. The Kier molecular flexibility index (Phi) is 7.09. The highest BCUT2D eigenvalue weighted by atomic mass is 32.2. The van der Waals surface area contributed by atoms with Gasteiger partial charge in [0.2, 0.25) is 0 Å². The summed E-state index contributed by atoms with van der Waals surface area (Å²) in [5.41, 5.74) is 0. The van der Waals surface area contributed by atoms with E-state index in [4.69, 9.17) is 0 Å². The Morgan fingerprint density at radius 2 is 2.15 bits per heavy atom. The van der Waals surface area contributed by atoms with Crippen LogP contribution in [0.3, 0.4) is 0 Å². The lowest BCUT2D eigenvalue weighted by atomic mass is 10.3. The number of thioether (sulfide) groups is 1. The fraction of sp³-hybridized carbons (Fsp3) is 0.889. The maximum Gasteiger partial charge on any atom is 0.367 e. The fourth-order valence-corrected chi connectivity index (χ4v) is 1.34. The SMILES string of the molecule is COC(=O)SCCCN(C)C(C)C. The van der Waals surface area contributed by atoms with Crippen molar-refractivity contribution in [3.63, 3.8) is 0 Å². The highest BCUT2D eigenvalue weighted by molar-refractivity contribution is 8.13. The van der Waals surface area contributed by atoms with Crippen LogP contribution in [-0.4, -0.2) is 42.7 Å². The van der Waals surface area contributed by atoms with Crippen LogP contribution in [0.2, 0.25) is 0 Å². The van der Waals surface area contributed by atoms with Gasteiger partial charge in [0, 0.05) is 11.8 Å². The summed E-state index contributed by atoms with van der Waals surface area (Å²) in [7, 11) is 3.50. The number of rotatable bonds is 5. The van der Waals surface area contributed by atoms with Crippen molar-refractivity contribution in [1.82, 2.24) is 4.90 Å². The zero-order valence-corrected chi connectivity index (χ0v) is 9.69. The molecule has 0 radical (unpaired) electrons. The Labute approximate surface area is 84.8 Å². The fourth-order valence-electron chi connectivity index (χ4n) is 0.787. The highest BCUT2D eigenvalue weighted by Crippen LogP contribution is 2.06. The lowest BCUT2D eigenvalue weighted by Gasteiger charge is -2.20. The molecule has 0 heterocycles. The largest absolute Gasteiger partial charge is 0.461 e. The van der Waals surface area contributed by atoms with Crippen LogP contribution in [0.5, 0.6) is 0 Å². The molecule has 0 aromatic rings. The summed E-state index contributed by atoms with van der Waals surface area (Å²) in [6.07, 6.45) is 1.02. The van der Waals surface area contributed by atoms with Crippen LogP contribution < -0.4 is 0 Å². The van der Waals surface area contributed by atoms with E-state index in [1.54, 1.807) is 0 Å². The van der Waals surface area contributed by atoms with Gasteiger partial charge in [0.25, 0.3) is 0 Å². The van der Waals surface area contributed by atoms with Crippen molar-refractivity contribution in [2.24, 2.45) is 0 Å². The first-order chi connectivity index (χ1) is 6.07. The third-order valence-corrected chi connectivity index (χ3v) is 2.82. The predicted octanol–water partition coefficient (Wildman–Crippen LogP) is 2.22. The molecule has 0 bridgehead atoms. The van der Waals surface area contributed by atoms with Crippen LogP contribution in [-0.2, 0) is 4.74 Å². The Balaban J connectivity index is 3.30. The minimum atomic E-state index is -0.188. The first-order valence-corrected chi connectivity index (χ1v) is 5.47. The Morgan fingerprint density at radius 1 is 1.54 bits per heavy atom. The molecular formula is C9H19NO2S. The normalized spacial score (nSPS) is 10.9. The number of methoxy groups -OCH3 is 1. The zero-order valence-electron chi connectivity index (χ0n) is 8.87. The predicted molar refractivity (Wildman–Crippen MR) is 57.2 cm³/mol. The molecule has 0 aromatic carbocycles. The van der Waals surface area contributed by atoms with Gasteiger partial charge in [0.1, 0.15) is 0 Å². The molecule has 0 amide bonds. The van der Waals surface area contributed by atoms with E-state index in [1.165, 1.54) is 18.9 Å². The molecule has 0 rings (SSSR count). The Hall–Kier alpha value is -0.220. The number of hydrogen-bond donors (Lipinski definition) is 0. The summed E-state index contributed by atoms with van der Waals surface area (Å²) in [6, 6.07) is 0.572. The Morgan fingerprint density at radius 3 is 2.62 bits per heavy atom. The van der Waals surface area contributed by atoms with E-state index < -0.39 is 0 Å². The van der Waals surface area contributed by atoms with Gasteiger partial charge in [-0.25, -0.2) is 4.79 Å². The van der Waals surface area contributed by atoms with E-state index in [0.29, 0.717) is 6.04 Å². The molecule has 13 heavy (non-hydrogen) atoms. The maximum atomic E-state index is 10.7. The zero-order chi connectivity index (χ0) is 10.3. The number of ether oxygens (including phenoxy) is 1. The van der Waals surface area contributed by atoms with Gasteiger partial charge >= 0.3 is 5.30 Å². The standard InChI is InChI=1S/C9H19NO2S/c1-8(2)10(3)6-5-7-13-9(11)12-4/h8H,5-7H2,1-4H3. The van der Waals surface area contributed by atoms with Crippen molar-refractivity contribution in [1.29, 1.82) is 0 Å². The van der Waals surface area contributed by atoms with Gasteiger partial charge in [0.15, 0.2) is 0 Å². The average Bonchev–Trinajstić information content (AvgIpc) is 2.11. The highest BCUT2D eigenvalue weighted by Gasteiger charge is 2.04. The van der Waals surface area contributed by atoms with Gasteiger partial charge < -0.3 is 9.64 Å². The minimum absolute atomic E-state index is 0.188. The van der Waals surface area contributed by atoms with Crippen molar-refractivity contribution in [2.45, 2.75) is 26.3 Å². The molecule has 0 atom stereocenters. The van der Waals surface area contributed by atoms with Crippen LogP contribution in [0.15, 0.2) is 0 Å². The molecule has 0 saturated heterocycles. The van der Waals surface area contributed by atoms with Gasteiger partial charge in [-0.05, 0) is 45.6 Å². The summed E-state index contributed by atoms with van der Waals surface area (Å²) in [4.78, 5) is 13.0. The van der Waals surface area contributed by atoms with E-state index >= 15 is 0 Å². The lowest BCUT2D eigenvalue weighted by Crippen LogP contribution is -2.27. The molecular weight excluding hydrogens is 186 g/mol. The molecule has 4 heteroatoms. The lowest BCUT2D eigenvalue weighted by molar-refractivity contribution is 0.200. The second kappa shape index (κ2) is 7.21. The quantitative estimate of drug-likeness (QED) is 0.508. The molecule has 0 spiro atoms. The number of nitrogens with zero attached hydrogens (tertiary/aromatic N) is 1. The molecule has 0 fully saturated rings. The van der Waals surface area contributed by atoms with Crippen LogP contribution in [0.1, 0.15) is 20.3 Å². The van der Waals surface area contributed by atoms with Crippen LogP contribution in [0.25, 0.3) is 0 Å². The van der Waals surface area contributed by atoms with Gasteiger partial charge in [-0.2, -0.15) is 0 Å². The molecule has 3 nitrogen and oxygen atoms in total. The smallest absolute Gasteiger partial charge is 0.367 e. The van der Waals surface area contributed by atoms with E-state index in [-0.39, 0.29) is 5.30 Å². The molecule has 0 saturated carbocycles. The van der Waals surface area contributed by atoms with Gasteiger partial charge in [-0.1, -0.05) is 0 Å². The first-order valence-electron chi connectivity index (χ1n) is 4.49. The topological polar surface area (TPSA) is 29.5 Å². The van der Waals surface area contributed by atoms with Crippen LogP contribution >= 0.6 is 11.8 Å². The van der Waals surface area contributed by atoms with Crippen molar-refractivity contribution in [3.05, 3.63) is 0 Å². The van der Waals surface area contributed by atoms with Crippen molar-refractivity contribution >= 4 is 17.1 Å². The van der Waals surface area contributed by atoms with E-state index in [9.17, 15) is 4.79 Å². The third kappa shape index (κ3) is 6.90. The summed E-state index contributed by atoms with van der Waals surface area (Å²) >= 11 is 1.24. The van der Waals surface area contributed by atoms with Crippen LogP contribution in [0.4, 0.5) is 4.79 Å². The maximum absolute atomic E-state index is 10.7. The van der Waals surface area contributed by atoms with Gasteiger partial charge in [-0.3, -0.25) is 0 Å². The number of carbonyl (C=O) groups is 1. The minimum Gasteiger partial charge on any atom is -0.461 e. The van der Waals surface area contributed by atoms with E-state index in [2.05, 4.69) is 30.5 Å². The average molecular weight is 205 g/mol. The number of carbonyl (C=O) groups excluding carboxylic acids is 1. The van der Waals surface area contributed by atoms with E-state index in [1.807, 2.05) is 0 Å². The molecule has 0 N–H and O–H groups in total. The molecule has 0 aliphatic carbocycles. The molecule has 0 aliphatic heterocycles. The second-order valence-electron chi connectivity index (χ2n) is 3.23. The van der Waals surface area contributed by atoms with Crippen molar-refractivity contribution < 1.29 is 9.53 Å². The summed E-state index contributed by atoms with van der Waals surface area (Å²) < 4.78 is 4.52. The molecule has 0 aliphatic rings. The number of hydrogen-bond acceptors (Lipinski definition) is 4. The summed E-state index contributed by atoms with van der Waals surface area (Å²) in [6.45, 7) is 5.35. The Bertz CT molecular complexity index is 151. The van der Waals surface area contributed by atoms with Gasteiger partial charge in [-0.15, -0.1) is 0 Å².